The van der Waals surface area contributed by atoms with Crippen molar-refractivity contribution in [1.29, 1.82) is 0 Å². The molecule has 0 saturated carbocycles. The molecule has 3 rings (SSSR count). The molecule has 1 aliphatic heterocycles. The average molecular weight is 378 g/mol. The van der Waals surface area contributed by atoms with Crippen LogP contribution >= 0.6 is 27.5 Å². The van der Waals surface area contributed by atoms with Gasteiger partial charge in [-0.2, -0.15) is 0 Å². The summed E-state index contributed by atoms with van der Waals surface area (Å²) in [6.45, 7) is 4.18. The Bertz CT molecular complexity index is 656. The van der Waals surface area contributed by atoms with Crippen molar-refractivity contribution in [1.82, 2.24) is 9.55 Å². The zero-order chi connectivity index (χ0) is 15.0. The van der Waals surface area contributed by atoms with E-state index < -0.39 is 0 Å². The summed E-state index contributed by atoms with van der Waals surface area (Å²) in [4.78, 5) is 4.45. The molecule has 1 aromatic carbocycles. The first kappa shape index (κ1) is 15.2. The summed E-state index contributed by atoms with van der Waals surface area (Å²) < 4.78 is 27.2. The molecule has 2 heterocycles. The predicted molar refractivity (Wildman–Crippen MR) is 82.2 cm³/mol. The number of fused-ring (bicyclic) bond motifs is 1. The highest BCUT2D eigenvalue weighted by Gasteiger charge is 2.21. The van der Waals surface area contributed by atoms with E-state index in [2.05, 4.69) is 20.9 Å². The number of hydrogen-bond donors (Lipinski definition) is 0. The van der Waals surface area contributed by atoms with Crippen LogP contribution in [0.4, 0.5) is 4.39 Å². The Morgan fingerprint density at radius 2 is 2.33 bits per heavy atom. The normalized spacial score (nSPS) is 20.9. The number of nitrogens with zero attached hydrogens (tertiary/aromatic N) is 2. The second-order valence-corrected chi connectivity index (χ2v) is 6.53. The van der Waals surface area contributed by atoms with Crippen molar-refractivity contribution in [2.45, 2.75) is 24.9 Å². The van der Waals surface area contributed by atoms with Crippen molar-refractivity contribution >= 4 is 38.6 Å². The van der Waals surface area contributed by atoms with Gasteiger partial charge in [-0.05, 0) is 28.9 Å². The molecule has 0 N–H and O–H groups in total. The first-order valence-corrected chi connectivity index (χ1v) is 7.98. The molecular formula is C14H15BrClFN2O2. The van der Waals surface area contributed by atoms with E-state index in [9.17, 15) is 4.39 Å². The Morgan fingerprint density at radius 1 is 1.52 bits per heavy atom. The minimum Gasteiger partial charge on any atom is -0.376 e. The third kappa shape index (κ3) is 3.08. The van der Waals surface area contributed by atoms with Crippen LogP contribution in [0.3, 0.4) is 0 Å². The van der Waals surface area contributed by atoms with Gasteiger partial charge in [0.2, 0.25) is 0 Å². The lowest BCUT2D eigenvalue weighted by Crippen LogP contribution is -2.32. The number of alkyl halides is 1. The van der Waals surface area contributed by atoms with Crippen LogP contribution in [0, 0.1) is 5.82 Å². The van der Waals surface area contributed by atoms with Gasteiger partial charge in [0, 0.05) is 6.07 Å². The third-order valence-electron chi connectivity index (χ3n) is 3.45. The van der Waals surface area contributed by atoms with Gasteiger partial charge in [-0.3, -0.25) is 0 Å². The number of ether oxygens (including phenoxy) is 2. The Hall–Kier alpha value is -0.690. The fourth-order valence-corrected chi connectivity index (χ4v) is 2.98. The van der Waals surface area contributed by atoms with E-state index in [0.717, 1.165) is 5.52 Å². The van der Waals surface area contributed by atoms with Gasteiger partial charge in [0.25, 0.3) is 0 Å². The standard InChI is InChI=1S/C14H15BrClFN2O2/c1-8(16)14-18-12-5-11(17)10(15)4-13(12)19(14)6-9-7-20-2-3-21-9/h4-5,8-9H,2-3,6-7H2,1H3. The molecule has 0 spiro atoms. The fourth-order valence-electron chi connectivity index (χ4n) is 2.48. The van der Waals surface area contributed by atoms with E-state index >= 15 is 0 Å². The highest BCUT2D eigenvalue weighted by molar-refractivity contribution is 9.10. The van der Waals surface area contributed by atoms with E-state index in [1.807, 2.05) is 11.5 Å². The van der Waals surface area contributed by atoms with Crippen molar-refractivity contribution in [3.05, 3.63) is 28.2 Å². The van der Waals surface area contributed by atoms with Gasteiger partial charge in [0.05, 0.1) is 53.4 Å². The van der Waals surface area contributed by atoms with Gasteiger partial charge < -0.3 is 14.0 Å². The zero-order valence-corrected chi connectivity index (χ0v) is 13.8. The van der Waals surface area contributed by atoms with Crippen molar-refractivity contribution in [2.75, 3.05) is 19.8 Å². The van der Waals surface area contributed by atoms with Crippen LogP contribution in [0.1, 0.15) is 18.1 Å². The number of hydrogen-bond acceptors (Lipinski definition) is 3. The van der Waals surface area contributed by atoms with Crippen molar-refractivity contribution in [3.63, 3.8) is 0 Å². The number of rotatable bonds is 3. The molecular weight excluding hydrogens is 363 g/mol. The molecule has 2 aromatic rings. The SMILES string of the molecule is CC(Cl)c1nc2cc(F)c(Br)cc2n1CC1COCCO1. The maximum Gasteiger partial charge on any atom is 0.139 e. The Kier molecular flexibility index (Phi) is 4.49. The summed E-state index contributed by atoms with van der Waals surface area (Å²) in [6.07, 6.45) is -0.0471. The Labute approximate surface area is 135 Å². The minimum atomic E-state index is -0.335. The molecule has 21 heavy (non-hydrogen) atoms. The predicted octanol–water partition coefficient (Wildman–Crippen LogP) is 3.65. The smallest absolute Gasteiger partial charge is 0.139 e. The molecule has 0 aliphatic carbocycles. The molecule has 4 nitrogen and oxygen atoms in total. The van der Waals surface area contributed by atoms with Crippen LogP contribution in [0.5, 0.6) is 0 Å². The molecule has 1 aliphatic rings. The van der Waals surface area contributed by atoms with Crippen LogP contribution < -0.4 is 0 Å². The van der Waals surface area contributed by atoms with Crippen LogP contribution in [-0.2, 0) is 16.0 Å². The van der Waals surface area contributed by atoms with Crippen LogP contribution in [0.2, 0.25) is 0 Å². The Morgan fingerprint density at radius 3 is 3.00 bits per heavy atom. The van der Waals surface area contributed by atoms with Gasteiger partial charge in [-0.15, -0.1) is 11.6 Å². The quantitative estimate of drug-likeness (QED) is 0.766. The summed E-state index contributed by atoms with van der Waals surface area (Å²) in [5.74, 6) is 0.372. The van der Waals surface area contributed by atoms with Crippen molar-refractivity contribution in [2.24, 2.45) is 0 Å². The minimum absolute atomic E-state index is 0.0471. The molecule has 2 atom stereocenters. The highest BCUT2D eigenvalue weighted by Crippen LogP contribution is 2.29. The van der Waals surface area contributed by atoms with Crippen molar-refractivity contribution in [3.8, 4) is 0 Å². The third-order valence-corrected chi connectivity index (χ3v) is 4.25. The maximum atomic E-state index is 13.7. The van der Waals surface area contributed by atoms with E-state index in [1.54, 1.807) is 6.07 Å². The number of halogens is 3. The van der Waals surface area contributed by atoms with Gasteiger partial charge in [-0.1, -0.05) is 0 Å². The average Bonchev–Trinajstić information content (AvgIpc) is 2.79. The first-order chi connectivity index (χ1) is 10.1. The largest absolute Gasteiger partial charge is 0.376 e. The topological polar surface area (TPSA) is 36.3 Å². The molecule has 1 fully saturated rings. The summed E-state index contributed by atoms with van der Waals surface area (Å²) in [5.41, 5.74) is 1.43. The van der Waals surface area contributed by atoms with E-state index in [-0.39, 0.29) is 17.3 Å². The summed E-state index contributed by atoms with van der Waals surface area (Å²) in [7, 11) is 0. The lowest BCUT2D eigenvalue weighted by atomic mass is 10.3. The van der Waals surface area contributed by atoms with Crippen LogP contribution in [0.25, 0.3) is 11.0 Å². The molecule has 1 saturated heterocycles. The van der Waals surface area contributed by atoms with E-state index in [0.29, 0.717) is 42.2 Å². The lowest BCUT2D eigenvalue weighted by Gasteiger charge is -2.24. The molecule has 114 valence electrons. The van der Waals surface area contributed by atoms with Crippen LogP contribution in [0.15, 0.2) is 16.6 Å². The number of aromatic nitrogens is 2. The molecule has 1 aromatic heterocycles. The second-order valence-electron chi connectivity index (χ2n) is 5.02. The Balaban J connectivity index is 2.04. The van der Waals surface area contributed by atoms with Gasteiger partial charge >= 0.3 is 0 Å². The second kappa shape index (κ2) is 6.20. The number of imidazole rings is 1. The molecule has 2 unspecified atom stereocenters. The van der Waals surface area contributed by atoms with E-state index in [1.165, 1.54) is 6.07 Å². The van der Waals surface area contributed by atoms with Crippen molar-refractivity contribution < 1.29 is 13.9 Å². The molecule has 7 heteroatoms. The zero-order valence-electron chi connectivity index (χ0n) is 11.5. The lowest BCUT2D eigenvalue weighted by molar-refractivity contribution is -0.0934. The highest BCUT2D eigenvalue weighted by atomic mass is 79.9. The molecule has 0 amide bonds. The van der Waals surface area contributed by atoms with Crippen LogP contribution in [-0.4, -0.2) is 35.5 Å². The first-order valence-electron chi connectivity index (χ1n) is 6.75. The number of benzene rings is 1. The monoisotopic (exact) mass is 376 g/mol. The van der Waals surface area contributed by atoms with Gasteiger partial charge in [0.15, 0.2) is 0 Å². The van der Waals surface area contributed by atoms with E-state index in [4.69, 9.17) is 21.1 Å². The summed E-state index contributed by atoms with van der Waals surface area (Å²) >= 11 is 9.43. The maximum absolute atomic E-state index is 13.7. The molecule has 0 bridgehead atoms. The molecule has 0 radical (unpaired) electrons. The van der Waals surface area contributed by atoms with Gasteiger partial charge in [-0.25, -0.2) is 9.37 Å². The summed E-state index contributed by atoms with van der Waals surface area (Å²) in [5, 5.41) is -0.274. The summed E-state index contributed by atoms with van der Waals surface area (Å²) in [6, 6.07) is 3.14. The van der Waals surface area contributed by atoms with Gasteiger partial charge in [0.1, 0.15) is 11.6 Å². The fraction of sp³-hybridized carbons (Fsp3) is 0.500.